The lowest BCUT2D eigenvalue weighted by Crippen LogP contribution is -2.35. The number of rotatable bonds is 8. The molecule has 6 heteroatoms. The summed E-state index contributed by atoms with van der Waals surface area (Å²) in [4.78, 5) is 26.5. The number of hydrogen-bond donors (Lipinski definition) is 2. The van der Waals surface area contributed by atoms with E-state index in [0.717, 1.165) is 37.2 Å². The molecule has 2 aromatic carbocycles. The van der Waals surface area contributed by atoms with Gasteiger partial charge in [0, 0.05) is 24.3 Å². The molecule has 0 saturated heterocycles. The lowest BCUT2D eigenvalue weighted by atomic mass is 10.1. The van der Waals surface area contributed by atoms with Gasteiger partial charge in [-0.3, -0.25) is 9.59 Å². The van der Waals surface area contributed by atoms with E-state index in [2.05, 4.69) is 24.5 Å². The van der Waals surface area contributed by atoms with Gasteiger partial charge in [-0.2, -0.15) is 0 Å². The first-order chi connectivity index (χ1) is 13.5. The minimum atomic E-state index is -0.176. The topological polar surface area (TPSA) is 61.4 Å². The number of nitrogens with one attached hydrogen (secondary N) is 2. The second kappa shape index (κ2) is 11.2. The van der Waals surface area contributed by atoms with Gasteiger partial charge in [-0.1, -0.05) is 44.2 Å². The van der Waals surface area contributed by atoms with E-state index in [0.29, 0.717) is 5.56 Å². The van der Waals surface area contributed by atoms with Gasteiger partial charge < -0.3 is 15.5 Å². The highest BCUT2D eigenvalue weighted by atomic mass is 32.1. The third-order valence-corrected chi connectivity index (χ3v) is 4.33. The minimum Gasteiger partial charge on any atom is -0.339 e. The Hall–Kier alpha value is -2.73. The maximum Gasteiger partial charge on any atom is 0.253 e. The zero-order valence-corrected chi connectivity index (χ0v) is 17.2. The van der Waals surface area contributed by atoms with E-state index in [1.165, 1.54) is 0 Å². The monoisotopic (exact) mass is 397 g/mol. The average Bonchev–Trinajstić information content (AvgIpc) is 2.68. The van der Waals surface area contributed by atoms with Crippen LogP contribution >= 0.6 is 12.2 Å². The Morgan fingerprint density at radius 2 is 1.54 bits per heavy atom. The Kier molecular flexibility index (Phi) is 8.62. The molecule has 2 aromatic rings. The van der Waals surface area contributed by atoms with Crippen molar-refractivity contribution in [3.8, 4) is 0 Å². The smallest absolute Gasteiger partial charge is 0.253 e. The predicted octanol–water partition coefficient (Wildman–Crippen LogP) is 4.00. The van der Waals surface area contributed by atoms with Crippen molar-refractivity contribution in [2.45, 2.75) is 33.1 Å². The number of thiocarbonyl (C=S) groups is 1. The van der Waals surface area contributed by atoms with E-state index in [-0.39, 0.29) is 23.3 Å². The number of carbonyl (C=O) groups excluding carboxylic acids is 2. The van der Waals surface area contributed by atoms with E-state index < -0.39 is 0 Å². The Morgan fingerprint density at radius 3 is 2.11 bits per heavy atom. The molecule has 0 atom stereocenters. The molecule has 5 nitrogen and oxygen atoms in total. The first-order valence-corrected chi connectivity index (χ1v) is 9.98. The summed E-state index contributed by atoms with van der Waals surface area (Å²) in [7, 11) is 0. The van der Waals surface area contributed by atoms with Crippen molar-refractivity contribution >= 4 is 34.8 Å². The standard InChI is InChI=1S/C22H27N3O2S/c1-3-14-25(15-4-2)21(27)18-10-12-19(13-11-18)23-22(28)24-20(26)16-17-8-6-5-7-9-17/h5-13H,3-4,14-16H2,1-2H3,(H2,23,24,26,28). The van der Waals surface area contributed by atoms with E-state index in [1.807, 2.05) is 35.2 Å². The average molecular weight is 398 g/mol. The zero-order chi connectivity index (χ0) is 20.4. The molecule has 2 amide bonds. The molecule has 0 saturated carbocycles. The van der Waals surface area contributed by atoms with Crippen LogP contribution in [0.4, 0.5) is 5.69 Å². The van der Waals surface area contributed by atoms with E-state index >= 15 is 0 Å². The summed E-state index contributed by atoms with van der Waals surface area (Å²) in [5.74, 6) is -0.140. The van der Waals surface area contributed by atoms with Crippen LogP contribution in [0.2, 0.25) is 0 Å². The second-order valence-corrected chi connectivity index (χ2v) is 6.94. The van der Waals surface area contributed by atoms with Crippen LogP contribution in [0.1, 0.15) is 42.6 Å². The molecule has 0 aliphatic carbocycles. The molecule has 0 aliphatic heterocycles. The molecule has 148 valence electrons. The molecule has 28 heavy (non-hydrogen) atoms. The summed E-state index contributed by atoms with van der Waals surface area (Å²) in [6.07, 6.45) is 2.13. The van der Waals surface area contributed by atoms with E-state index in [9.17, 15) is 9.59 Å². The third-order valence-electron chi connectivity index (χ3n) is 4.12. The molecular weight excluding hydrogens is 370 g/mol. The van der Waals surface area contributed by atoms with E-state index in [4.69, 9.17) is 12.2 Å². The molecular formula is C22H27N3O2S. The SMILES string of the molecule is CCCN(CCC)C(=O)c1ccc(NC(=S)NC(=O)Cc2ccccc2)cc1. The molecule has 0 bridgehead atoms. The number of benzene rings is 2. The number of amides is 2. The quantitative estimate of drug-likeness (QED) is 0.661. The zero-order valence-electron chi connectivity index (χ0n) is 16.4. The van der Waals surface area contributed by atoms with Gasteiger partial charge in [0.05, 0.1) is 6.42 Å². The van der Waals surface area contributed by atoms with Gasteiger partial charge in [-0.05, 0) is 54.9 Å². The van der Waals surface area contributed by atoms with Crippen LogP contribution in [0, 0.1) is 0 Å². The number of hydrogen-bond acceptors (Lipinski definition) is 3. The Labute approximate surface area is 172 Å². The van der Waals surface area contributed by atoms with Crippen molar-refractivity contribution in [3.05, 3.63) is 65.7 Å². The molecule has 0 fully saturated rings. The fraction of sp³-hybridized carbons (Fsp3) is 0.318. The highest BCUT2D eigenvalue weighted by Gasteiger charge is 2.14. The number of anilines is 1. The van der Waals surface area contributed by atoms with Gasteiger partial charge in [0.25, 0.3) is 5.91 Å². The largest absolute Gasteiger partial charge is 0.339 e. The lowest BCUT2D eigenvalue weighted by Gasteiger charge is -2.21. The lowest BCUT2D eigenvalue weighted by molar-refractivity contribution is -0.119. The van der Waals surface area contributed by atoms with Crippen molar-refractivity contribution in [3.63, 3.8) is 0 Å². The first-order valence-electron chi connectivity index (χ1n) is 9.57. The van der Waals surface area contributed by atoms with Crippen LogP contribution in [-0.4, -0.2) is 34.9 Å². The molecule has 0 unspecified atom stereocenters. The van der Waals surface area contributed by atoms with Crippen LogP contribution in [0.15, 0.2) is 54.6 Å². The maximum atomic E-state index is 12.6. The van der Waals surface area contributed by atoms with Gasteiger partial charge in [0.1, 0.15) is 0 Å². The summed E-state index contributed by atoms with van der Waals surface area (Å²) in [5, 5.41) is 5.89. The first kappa shape index (κ1) is 21.6. The summed E-state index contributed by atoms with van der Waals surface area (Å²) < 4.78 is 0. The Morgan fingerprint density at radius 1 is 0.929 bits per heavy atom. The highest BCUT2D eigenvalue weighted by molar-refractivity contribution is 7.80. The highest BCUT2D eigenvalue weighted by Crippen LogP contribution is 2.12. The van der Waals surface area contributed by atoms with Gasteiger partial charge in [0.15, 0.2) is 5.11 Å². The summed E-state index contributed by atoms with van der Waals surface area (Å²) in [5.41, 5.74) is 2.29. The number of carbonyl (C=O) groups is 2. The van der Waals surface area contributed by atoms with Gasteiger partial charge in [-0.15, -0.1) is 0 Å². The minimum absolute atomic E-state index is 0.0361. The summed E-state index contributed by atoms with van der Waals surface area (Å²) in [6, 6.07) is 16.6. The fourth-order valence-corrected chi connectivity index (χ4v) is 3.08. The van der Waals surface area contributed by atoms with Crippen molar-refractivity contribution in [1.82, 2.24) is 10.2 Å². The van der Waals surface area contributed by atoms with Gasteiger partial charge >= 0.3 is 0 Å². The Balaban J connectivity index is 1.89. The van der Waals surface area contributed by atoms with Crippen LogP contribution in [0.25, 0.3) is 0 Å². The molecule has 2 N–H and O–H groups in total. The molecule has 0 aromatic heterocycles. The predicted molar refractivity (Wildman–Crippen MR) is 117 cm³/mol. The van der Waals surface area contributed by atoms with Gasteiger partial charge in [-0.25, -0.2) is 0 Å². The fourth-order valence-electron chi connectivity index (χ4n) is 2.85. The van der Waals surface area contributed by atoms with Crippen LogP contribution < -0.4 is 10.6 Å². The van der Waals surface area contributed by atoms with Crippen molar-refractivity contribution in [2.75, 3.05) is 18.4 Å². The molecule has 0 aliphatic rings. The van der Waals surface area contributed by atoms with Crippen LogP contribution in [0.5, 0.6) is 0 Å². The van der Waals surface area contributed by atoms with Crippen molar-refractivity contribution in [2.24, 2.45) is 0 Å². The maximum absolute atomic E-state index is 12.6. The van der Waals surface area contributed by atoms with Gasteiger partial charge in [0.2, 0.25) is 5.91 Å². The molecule has 2 rings (SSSR count). The van der Waals surface area contributed by atoms with E-state index in [1.54, 1.807) is 24.3 Å². The second-order valence-electron chi connectivity index (χ2n) is 6.53. The van der Waals surface area contributed by atoms with Crippen molar-refractivity contribution < 1.29 is 9.59 Å². The summed E-state index contributed by atoms with van der Waals surface area (Å²) >= 11 is 5.21. The summed E-state index contributed by atoms with van der Waals surface area (Å²) in [6.45, 7) is 5.64. The Bertz CT molecular complexity index is 785. The molecule has 0 spiro atoms. The van der Waals surface area contributed by atoms with Crippen LogP contribution in [0.3, 0.4) is 0 Å². The number of nitrogens with zero attached hydrogens (tertiary/aromatic N) is 1. The van der Waals surface area contributed by atoms with Crippen molar-refractivity contribution in [1.29, 1.82) is 0 Å². The molecule has 0 radical (unpaired) electrons. The molecule has 0 heterocycles. The third kappa shape index (κ3) is 6.78. The van der Waals surface area contributed by atoms with Crippen LogP contribution in [-0.2, 0) is 11.2 Å². The normalized spacial score (nSPS) is 10.2.